The van der Waals surface area contributed by atoms with E-state index in [0.29, 0.717) is 28.9 Å². The molecule has 8 heteroatoms. The first kappa shape index (κ1) is 21.2. The van der Waals surface area contributed by atoms with Crippen molar-refractivity contribution in [1.29, 1.82) is 0 Å². The van der Waals surface area contributed by atoms with Crippen LogP contribution in [0.5, 0.6) is 5.75 Å². The Balaban J connectivity index is 1.47. The minimum atomic E-state index is -0.742. The van der Waals surface area contributed by atoms with Crippen LogP contribution < -0.4 is 10.1 Å². The first-order valence-corrected chi connectivity index (χ1v) is 10.7. The van der Waals surface area contributed by atoms with Crippen LogP contribution in [-0.2, 0) is 4.79 Å². The maximum Gasteiger partial charge on any atom is 0.308 e. The Labute approximate surface area is 185 Å². The van der Waals surface area contributed by atoms with E-state index in [0.717, 1.165) is 29.7 Å². The van der Waals surface area contributed by atoms with Crippen LogP contribution in [0.3, 0.4) is 0 Å². The van der Waals surface area contributed by atoms with Crippen LogP contribution in [0.25, 0.3) is 22.8 Å². The van der Waals surface area contributed by atoms with Crippen molar-refractivity contribution in [2.45, 2.75) is 45.3 Å². The summed E-state index contributed by atoms with van der Waals surface area (Å²) in [4.78, 5) is 15.8. The van der Waals surface area contributed by atoms with Gasteiger partial charge in [-0.2, -0.15) is 4.98 Å². The van der Waals surface area contributed by atoms with Gasteiger partial charge in [-0.1, -0.05) is 23.2 Å². The Morgan fingerprint density at radius 1 is 1.19 bits per heavy atom. The van der Waals surface area contributed by atoms with Crippen molar-refractivity contribution < 1.29 is 19.2 Å². The fraction of sp³-hybridized carbons (Fsp3) is 0.348. The monoisotopic (exact) mass is 441 g/mol. The number of aliphatic carboxylic acids is 1. The predicted octanol–water partition coefficient (Wildman–Crippen LogP) is 5.51. The molecule has 0 spiro atoms. The molecule has 0 aliphatic heterocycles. The number of hydrogen-bond acceptors (Lipinski definition) is 6. The summed E-state index contributed by atoms with van der Waals surface area (Å²) in [5.41, 5.74) is 2.38. The third kappa shape index (κ3) is 4.82. The number of aromatic nitrogens is 2. The lowest BCUT2D eigenvalue weighted by Gasteiger charge is -2.18. The molecule has 2 N–H and O–H groups in total. The lowest BCUT2D eigenvalue weighted by atomic mass is 10.0. The van der Waals surface area contributed by atoms with E-state index in [-0.39, 0.29) is 18.1 Å². The minimum absolute atomic E-state index is 0.0290. The van der Waals surface area contributed by atoms with Gasteiger partial charge in [-0.3, -0.25) is 4.79 Å². The van der Waals surface area contributed by atoms with Gasteiger partial charge in [-0.25, -0.2) is 0 Å². The summed E-state index contributed by atoms with van der Waals surface area (Å²) < 4.78 is 11.1. The maximum absolute atomic E-state index is 11.4. The molecule has 0 amide bonds. The van der Waals surface area contributed by atoms with Crippen LogP contribution in [0.4, 0.5) is 5.69 Å². The van der Waals surface area contributed by atoms with E-state index >= 15 is 0 Å². The average Bonchev–Trinajstić information content (AvgIpc) is 3.40. The van der Waals surface area contributed by atoms with Crippen LogP contribution in [0.1, 0.15) is 33.1 Å². The molecule has 1 aromatic heterocycles. The SMILES string of the molecule is CC(C)Oc1ccc(-c2noc(-c3ccc(N[C@@H]4CCC[C@@H]4C(=O)O)cc3)n2)cc1Cl. The molecule has 0 radical (unpaired) electrons. The molecule has 31 heavy (non-hydrogen) atoms. The Bertz CT molecular complexity index is 1060. The summed E-state index contributed by atoms with van der Waals surface area (Å²) >= 11 is 6.31. The van der Waals surface area contributed by atoms with E-state index in [4.69, 9.17) is 20.9 Å². The molecular formula is C23H24ClN3O4. The summed E-state index contributed by atoms with van der Waals surface area (Å²) in [5, 5.41) is 17.2. The highest BCUT2D eigenvalue weighted by Gasteiger charge is 2.32. The molecule has 3 aromatic rings. The molecular weight excluding hydrogens is 418 g/mol. The highest BCUT2D eigenvalue weighted by molar-refractivity contribution is 6.32. The summed E-state index contributed by atoms with van der Waals surface area (Å²) in [6, 6.07) is 12.9. The topological polar surface area (TPSA) is 97.5 Å². The number of carboxylic acids is 1. The van der Waals surface area contributed by atoms with Gasteiger partial charge >= 0.3 is 5.97 Å². The van der Waals surface area contributed by atoms with Crippen molar-refractivity contribution in [1.82, 2.24) is 10.1 Å². The molecule has 162 valence electrons. The van der Waals surface area contributed by atoms with Gasteiger partial charge in [-0.15, -0.1) is 0 Å². The summed E-state index contributed by atoms with van der Waals surface area (Å²) in [6.45, 7) is 3.88. The number of carbonyl (C=O) groups is 1. The highest BCUT2D eigenvalue weighted by Crippen LogP contribution is 2.32. The normalized spacial score (nSPS) is 18.3. The second kappa shape index (κ2) is 8.98. The first-order chi connectivity index (χ1) is 14.9. The molecule has 7 nitrogen and oxygen atoms in total. The molecule has 2 atom stereocenters. The maximum atomic E-state index is 11.4. The van der Waals surface area contributed by atoms with Gasteiger partial charge in [0.1, 0.15) is 5.75 Å². The lowest BCUT2D eigenvalue weighted by Crippen LogP contribution is -2.29. The van der Waals surface area contributed by atoms with Crippen LogP contribution >= 0.6 is 11.6 Å². The molecule has 1 aliphatic carbocycles. The van der Waals surface area contributed by atoms with E-state index in [1.807, 2.05) is 44.2 Å². The van der Waals surface area contributed by atoms with E-state index in [9.17, 15) is 9.90 Å². The zero-order valence-corrected chi connectivity index (χ0v) is 18.1. The Kier molecular flexibility index (Phi) is 6.13. The van der Waals surface area contributed by atoms with Crippen molar-refractivity contribution in [3.05, 3.63) is 47.5 Å². The van der Waals surface area contributed by atoms with Crippen molar-refractivity contribution in [2.24, 2.45) is 5.92 Å². The van der Waals surface area contributed by atoms with Gasteiger partial charge < -0.3 is 19.7 Å². The van der Waals surface area contributed by atoms with Crippen molar-refractivity contribution in [3.63, 3.8) is 0 Å². The standard InChI is InChI=1S/C23H24ClN3O4/c1-13(2)30-20-11-8-15(12-18(20)24)21-26-22(31-27-21)14-6-9-16(10-7-14)25-19-5-3-4-17(19)23(28)29/h6-13,17,19,25H,3-5H2,1-2H3,(H,28,29)/t17-,19+/m0/s1. The van der Waals surface area contributed by atoms with Gasteiger partial charge in [0.25, 0.3) is 5.89 Å². The molecule has 0 saturated heterocycles. The smallest absolute Gasteiger partial charge is 0.308 e. The van der Waals surface area contributed by atoms with Crippen molar-refractivity contribution in [3.8, 4) is 28.6 Å². The fourth-order valence-corrected chi connectivity index (χ4v) is 4.02. The summed E-state index contributed by atoms with van der Waals surface area (Å²) in [5.74, 6) is 0.353. The summed E-state index contributed by atoms with van der Waals surface area (Å²) in [6.07, 6.45) is 2.52. The van der Waals surface area contributed by atoms with Crippen LogP contribution in [0.2, 0.25) is 5.02 Å². The first-order valence-electron chi connectivity index (χ1n) is 10.3. The fourth-order valence-electron chi connectivity index (χ4n) is 3.80. The minimum Gasteiger partial charge on any atom is -0.489 e. The third-order valence-electron chi connectivity index (χ3n) is 5.30. The van der Waals surface area contributed by atoms with E-state index in [1.165, 1.54) is 0 Å². The molecule has 0 unspecified atom stereocenters. The molecule has 1 fully saturated rings. The number of anilines is 1. The molecule has 4 rings (SSSR count). The average molecular weight is 442 g/mol. The number of nitrogens with zero attached hydrogens (tertiary/aromatic N) is 2. The van der Waals surface area contributed by atoms with Crippen LogP contribution in [-0.4, -0.2) is 33.4 Å². The number of ether oxygens (including phenoxy) is 1. The van der Waals surface area contributed by atoms with Gasteiger partial charge in [0.15, 0.2) is 0 Å². The predicted molar refractivity (Wildman–Crippen MR) is 118 cm³/mol. The number of hydrogen-bond donors (Lipinski definition) is 2. The number of nitrogens with one attached hydrogen (secondary N) is 1. The van der Waals surface area contributed by atoms with Crippen molar-refractivity contribution >= 4 is 23.3 Å². The quantitative estimate of drug-likeness (QED) is 0.498. The molecule has 2 aromatic carbocycles. The molecule has 1 aliphatic rings. The largest absolute Gasteiger partial charge is 0.489 e. The molecule has 0 bridgehead atoms. The van der Waals surface area contributed by atoms with Gasteiger partial charge in [-0.05, 0) is 69.2 Å². The van der Waals surface area contributed by atoms with Gasteiger partial charge in [0.05, 0.1) is 17.0 Å². The van der Waals surface area contributed by atoms with Crippen molar-refractivity contribution in [2.75, 3.05) is 5.32 Å². The number of halogens is 1. The summed E-state index contributed by atoms with van der Waals surface area (Å²) in [7, 11) is 0. The van der Waals surface area contributed by atoms with Crippen LogP contribution in [0, 0.1) is 5.92 Å². The highest BCUT2D eigenvalue weighted by atomic mass is 35.5. The Morgan fingerprint density at radius 2 is 1.94 bits per heavy atom. The number of carboxylic acid groups (broad SMARTS) is 1. The van der Waals surface area contributed by atoms with E-state index < -0.39 is 5.97 Å². The third-order valence-corrected chi connectivity index (χ3v) is 5.59. The van der Waals surface area contributed by atoms with Gasteiger partial charge in [0, 0.05) is 22.9 Å². The van der Waals surface area contributed by atoms with E-state index in [1.54, 1.807) is 12.1 Å². The molecule has 1 heterocycles. The number of benzene rings is 2. The second-order valence-corrected chi connectivity index (χ2v) is 8.35. The second-order valence-electron chi connectivity index (χ2n) is 7.94. The zero-order valence-electron chi connectivity index (χ0n) is 17.3. The Morgan fingerprint density at radius 3 is 2.61 bits per heavy atom. The Hall–Kier alpha value is -3.06. The molecule has 1 saturated carbocycles. The zero-order chi connectivity index (χ0) is 22.0. The van der Waals surface area contributed by atoms with Crippen LogP contribution in [0.15, 0.2) is 47.0 Å². The number of rotatable bonds is 7. The lowest BCUT2D eigenvalue weighted by molar-refractivity contribution is -0.141. The van der Waals surface area contributed by atoms with Gasteiger partial charge in [0.2, 0.25) is 5.82 Å². The van der Waals surface area contributed by atoms with E-state index in [2.05, 4.69) is 15.5 Å².